The lowest BCUT2D eigenvalue weighted by atomic mass is 10.1. The first kappa shape index (κ1) is 19.2. The van der Waals surface area contributed by atoms with Crippen LogP contribution < -0.4 is 0 Å². The molecule has 1 rings (SSSR count). The van der Waals surface area contributed by atoms with Gasteiger partial charge in [-0.3, -0.25) is 0 Å². The molecule has 0 aromatic rings. The Morgan fingerprint density at radius 3 is 2.33 bits per heavy atom. The maximum absolute atomic E-state index is 13.1. The van der Waals surface area contributed by atoms with Gasteiger partial charge in [-0.2, -0.15) is 17.0 Å². The highest BCUT2D eigenvalue weighted by molar-refractivity contribution is 7.86. The highest BCUT2D eigenvalue weighted by Gasteiger charge is 2.38. The Kier molecular flexibility index (Phi) is 7.96. The number of alkyl halides is 1. The van der Waals surface area contributed by atoms with Gasteiger partial charge in [-0.1, -0.05) is 34.1 Å². The Balaban J connectivity index is 3.06. The zero-order valence-electron chi connectivity index (χ0n) is 13.9. The van der Waals surface area contributed by atoms with Gasteiger partial charge in [0.15, 0.2) is 0 Å². The predicted octanol–water partition coefficient (Wildman–Crippen LogP) is 3.47. The summed E-state index contributed by atoms with van der Waals surface area (Å²) in [6.07, 6.45) is 4.58. The molecule has 0 N–H and O–H groups in total. The van der Waals surface area contributed by atoms with E-state index < -0.39 is 10.2 Å². The summed E-state index contributed by atoms with van der Waals surface area (Å²) in [6, 6.07) is 0.0322. The summed E-state index contributed by atoms with van der Waals surface area (Å²) in [7, 11) is -3.42. The average Bonchev–Trinajstić information content (AvgIpc) is 2.47. The lowest BCUT2D eigenvalue weighted by Crippen LogP contribution is -2.54. The number of hydrogen-bond donors (Lipinski definition) is 0. The lowest BCUT2D eigenvalue weighted by molar-refractivity contribution is 0.214. The minimum absolute atomic E-state index is 0.0468. The highest BCUT2D eigenvalue weighted by Crippen LogP contribution is 2.26. The molecule has 6 heteroatoms. The number of halogens is 1. The highest BCUT2D eigenvalue weighted by atomic mass is 35.5. The number of hydrogen-bond acceptors (Lipinski definition) is 2. The summed E-state index contributed by atoms with van der Waals surface area (Å²) in [5.41, 5.74) is 0. The van der Waals surface area contributed by atoms with Gasteiger partial charge in [0, 0.05) is 31.1 Å². The fourth-order valence-corrected chi connectivity index (χ4v) is 5.80. The molecule has 126 valence electrons. The molecule has 0 radical (unpaired) electrons. The molecule has 1 unspecified atom stereocenters. The number of piperidine rings is 1. The van der Waals surface area contributed by atoms with Crippen LogP contribution in [0.15, 0.2) is 0 Å². The first-order valence-electron chi connectivity index (χ1n) is 8.22. The zero-order valence-corrected chi connectivity index (χ0v) is 15.5. The van der Waals surface area contributed by atoms with Crippen LogP contribution in [0.25, 0.3) is 0 Å². The average molecular weight is 339 g/mol. The summed E-state index contributed by atoms with van der Waals surface area (Å²) < 4.78 is 29.7. The van der Waals surface area contributed by atoms with Crippen molar-refractivity contribution in [2.75, 3.05) is 19.0 Å². The van der Waals surface area contributed by atoms with Crippen molar-refractivity contribution in [1.29, 1.82) is 0 Å². The van der Waals surface area contributed by atoms with Crippen molar-refractivity contribution in [2.24, 2.45) is 5.92 Å². The van der Waals surface area contributed by atoms with Crippen LogP contribution in [0.3, 0.4) is 0 Å². The maximum Gasteiger partial charge on any atom is 0.282 e. The van der Waals surface area contributed by atoms with Gasteiger partial charge in [-0.25, -0.2) is 0 Å². The first-order chi connectivity index (χ1) is 9.88. The van der Waals surface area contributed by atoms with E-state index in [9.17, 15) is 8.42 Å². The van der Waals surface area contributed by atoms with Gasteiger partial charge in [0.05, 0.1) is 0 Å². The van der Waals surface area contributed by atoms with Crippen molar-refractivity contribution in [3.05, 3.63) is 0 Å². The van der Waals surface area contributed by atoms with E-state index in [1.807, 2.05) is 0 Å². The second-order valence-corrected chi connectivity index (χ2v) is 8.50. The molecule has 1 saturated heterocycles. The fourth-order valence-electron chi connectivity index (χ4n) is 3.05. The monoisotopic (exact) mass is 338 g/mol. The largest absolute Gasteiger partial charge is 0.282 e. The standard InChI is InChI=1S/C15H31ClN2O2S/c1-5-14(6-2)18(12-13(3)4)21(19,20)17-10-8-7-9-15(17)11-16/h13-15H,5-12H2,1-4H3. The minimum Gasteiger partial charge on any atom is -0.195 e. The van der Waals surface area contributed by atoms with E-state index in [1.54, 1.807) is 8.61 Å². The molecule has 0 amide bonds. The minimum atomic E-state index is -3.42. The summed E-state index contributed by atoms with van der Waals surface area (Å²) in [5, 5.41) is 0. The third kappa shape index (κ3) is 4.81. The molecule has 0 bridgehead atoms. The molecule has 0 saturated carbocycles. The summed E-state index contributed by atoms with van der Waals surface area (Å²) in [6.45, 7) is 9.45. The van der Waals surface area contributed by atoms with Gasteiger partial charge in [0.1, 0.15) is 0 Å². The Hall–Kier alpha value is 0.160. The molecule has 4 nitrogen and oxygen atoms in total. The fraction of sp³-hybridized carbons (Fsp3) is 1.00. The quantitative estimate of drug-likeness (QED) is 0.636. The second-order valence-electron chi connectivity index (χ2n) is 6.36. The summed E-state index contributed by atoms with van der Waals surface area (Å²) >= 11 is 6.01. The Bertz CT molecular complexity index is 396. The third-order valence-electron chi connectivity index (χ3n) is 4.24. The van der Waals surface area contributed by atoms with Crippen molar-refractivity contribution in [3.63, 3.8) is 0 Å². The Labute approximate surface area is 136 Å². The first-order valence-corrected chi connectivity index (χ1v) is 10.2. The van der Waals surface area contributed by atoms with E-state index >= 15 is 0 Å². The summed E-state index contributed by atoms with van der Waals surface area (Å²) in [5.74, 6) is 0.706. The summed E-state index contributed by atoms with van der Waals surface area (Å²) in [4.78, 5) is 0. The van der Waals surface area contributed by atoms with Gasteiger partial charge in [0.2, 0.25) is 0 Å². The Morgan fingerprint density at radius 1 is 1.24 bits per heavy atom. The van der Waals surface area contributed by atoms with E-state index in [0.717, 1.165) is 32.1 Å². The predicted molar refractivity (Wildman–Crippen MR) is 89.9 cm³/mol. The van der Waals surface area contributed by atoms with Gasteiger partial charge < -0.3 is 0 Å². The van der Waals surface area contributed by atoms with Gasteiger partial charge >= 0.3 is 0 Å². The smallest absolute Gasteiger partial charge is 0.195 e. The Morgan fingerprint density at radius 2 is 1.86 bits per heavy atom. The van der Waals surface area contributed by atoms with Crippen LogP contribution >= 0.6 is 11.6 Å². The van der Waals surface area contributed by atoms with Crippen LogP contribution in [0.4, 0.5) is 0 Å². The molecule has 0 aliphatic carbocycles. The number of rotatable bonds is 8. The molecule has 1 aliphatic heterocycles. The van der Waals surface area contributed by atoms with Gasteiger partial charge in [-0.05, 0) is 31.6 Å². The molecule has 1 fully saturated rings. The molecule has 0 spiro atoms. The van der Waals surface area contributed by atoms with Crippen LogP contribution in [-0.2, 0) is 10.2 Å². The normalized spacial score (nSPS) is 21.6. The lowest BCUT2D eigenvalue weighted by Gasteiger charge is -2.40. The topological polar surface area (TPSA) is 40.6 Å². The zero-order chi connectivity index (χ0) is 16.0. The SMILES string of the molecule is CCC(CC)N(CC(C)C)S(=O)(=O)N1CCCCC1CCl. The second kappa shape index (κ2) is 8.70. The van der Waals surface area contributed by atoms with Crippen molar-refractivity contribution >= 4 is 21.8 Å². The molecule has 1 atom stereocenters. The van der Waals surface area contributed by atoms with Crippen molar-refractivity contribution < 1.29 is 8.42 Å². The van der Waals surface area contributed by atoms with E-state index in [0.29, 0.717) is 24.9 Å². The van der Waals surface area contributed by atoms with Crippen LogP contribution in [0.2, 0.25) is 0 Å². The van der Waals surface area contributed by atoms with Crippen LogP contribution in [0, 0.1) is 5.92 Å². The van der Waals surface area contributed by atoms with Crippen molar-refractivity contribution in [2.45, 2.75) is 71.9 Å². The van der Waals surface area contributed by atoms with E-state index in [1.165, 1.54) is 0 Å². The van der Waals surface area contributed by atoms with Gasteiger partial charge in [0.25, 0.3) is 10.2 Å². The van der Waals surface area contributed by atoms with Crippen LogP contribution in [-0.4, -0.2) is 48.1 Å². The number of nitrogens with zero attached hydrogens (tertiary/aromatic N) is 2. The van der Waals surface area contributed by atoms with Crippen LogP contribution in [0.1, 0.15) is 59.8 Å². The van der Waals surface area contributed by atoms with Crippen molar-refractivity contribution in [1.82, 2.24) is 8.61 Å². The molecule has 0 aromatic carbocycles. The van der Waals surface area contributed by atoms with E-state index in [4.69, 9.17) is 11.6 Å². The molecular formula is C15H31ClN2O2S. The molecule has 0 aromatic heterocycles. The van der Waals surface area contributed by atoms with E-state index in [2.05, 4.69) is 27.7 Å². The third-order valence-corrected chi connectivity index (χ3v) is 6.71. The molecule has 1 heterocycles. The van der Waals surface area contributed by atoms with Crippen LogP contribution in [0.5, 0.6) is 0 Å². The molecule has 21 heavy (non-hydrogen) atoms. The van der Waals surface area contributed by atoms with E-state index in [-0.39, 0.29) is 12.1 Å². The van der Waals surface area contributed by atoms with Crippen molar-refractivity contribution in [3.8, 4) is 0 Å². The molecule has 1 aliphatic rings. The molecular weight excluding hydrogens is 308 g/mol. The maximum atomic E-state index is 13.1. The van der Waals surface area contributed by atoms with Gasteiger partial charge in [-0.15, -0.1) is 11.6 Å².